The molecule has 1 amide bonds. The Labute approximate surface area is 88.5 Å². The predicted molar refractivity (Wildman–Crippen MR) is 56.5 cm³/mol. The van der Waals surface area contributed by atoms with E-state index in [1.165, 1.54) is 4.90 Å². The SMILES string of the molecule is CCOC(=O)CN(C=O)c1ccccc1. The molecule has 0 aromatic heterocycles. The first-order chi connectivity index (χ1) is 7.27. The average molecular weight is 207 g/mol. The molecule has 0 N–H and O–H groups in total. The van der Waals surface area contributed by atoms with Crippen molar-refractivity contribution in [1.29, 1.82) is 0 Å². The van der Waals surface area contributed by atoms with E-state index >= 15 is 0 Å². The Balaban J connectivity index is 2.65. The molecule has 0 heterocycles. The van der Waals surface area contributed by atoms with Crippen LogP contribution in [0, 0.1) is 0 Å². The Hall–Kier alpha value is -1.84. The van der Waals surface area contributed by atoms with Crippen LogP contribution in [0.3, 0.4) is 0 Å². The number of hydrogen-bond acceptors (Lipinski definition) is 3. The number of amides is 1. The third-order valence-electron chi connectivity index (χ3n) is 1.82. The minimum atomic E-state index is -0.409. The van der Waals surface area contributed by atoms with Crippen LogP contribution >= 0.6 is 0 Å². The van der Waals surface area contributed by atoms with E-state index in [1.54, 1.807) is 31.2 Å². The molecular formula is C11H13NO3. The fourth-order valence-electron chi connectivity index (χ4n) is 1.15. The molecule has 0 unspecified atom stereocenters. The second kappa shape index (κ2) is 5.80. The maximum Gasteiger partial charge on any atom is 0.326 e. The molecule has 4 nitrogen and oxygen atoms in total. The minimum Gasteiger partial charge on any atom is -0.465 e. The van der Waals surface area contributed by atoms with Crippen molar-refractivity contribution >= 4 is 18.1 Å². The summed E-state index contributed by atoms with van der Waals surface area (Å²) in [5.74, 6) is -0.409. The van der Waals surface area contributed by atoms with Gasteiger partial charge in [-0.3, -0.25) is 9.59 Å². The topological polar surface area (TPSA) is 46.6 Å². The van der Waals surface area contributed by atoms with Crippen molar-refractivity contribution in [2.75, 3.05) is 18.1 Å². The van der Waals surface area contributed by atoms with Gasteiger partial charge in [0.1, 0.15) is 6.54 Å². The Morgan fingerprint density at radius 3 is 2.60 bits per heavy atom. The molecule has 0 saturated carbocycles. The number of rotatable bonds is 5. The number of nitrogens with zero attached hydrogens (tertiary/aromatic N) is 1. The number of hydrogen-bond donors (Lipinski definition) is 0. The van der Waals surface area contributed by atoms with Crippen LogP contribution in [-0.2, 0) is 14.3 Å². The van der Waals surface area contributed by atoms with Crippen LogP contribution in [-0.4, -0.2) is 25.5 Å². The van der Waals surface area contributed by atoms with Crippen molar-refractivity contribution < 1.29 is 14.3 Å². The molecule has 1 rings (SSSR count). The van der Waals surface area contributed by atoms with Gasteiger partial charge in [-0.1, -0.05) is 18.2 Å². The molecule has 1 aromatic rings. The van der Waals surface area contributed by atoms with Gasteiger partial charge in [-0.05, 0) is 19.1 Å². The molecule has 1 aromatic carbocycles. The first-order valence-electron chi connectivity index (χ1n) is 4.70. The molecule has 0 bridgehead atoms. The monoisotopic (exact) mass is 207 g/mol. The minimum absolute atomic E-state index is 0.0542. The van der Waals surface area contributed by atoms with E-state index in [-0.39, 0.29) is 6.54 Å². The lowest BCUT2D eigenvalue weighted by Gasteiger charge is -2.15. The number of carbonyl (C=O) groups is 2. The quantitative estimate of drug-likeness (QED) is 0.538. The van der Waals surface area contributed by atoms with Crippen LogP contribution in [0.2, 0.25) is 0 Å². The molecular weight excluding hydrogens is 194 g/mol. The number of benzene rings is 1. The lowest BCUT2D eigenvalue weighted by molar-refractivity contribution is -0.141. The van der Waals surface area contributed by atoms with Crippen molar-refractivity contribution in [2.45, 2.75) is 6.92 Å². The van der Waals surface area contributed by atoms with Gasteiger partial charge in [-0.2, -0.15) is 0 Å². The standard InChI is InChI=1S/C11H13NO3/c1-2-15-11(14)8-12(9-13)10-6-4-3-5-7-10/h3-7,9H,2,8H2,1H3. The van der Waals surface area contributed by atoms with Crippen molar-refractivity contribution in [3.05, 3.63) is 30.3 Å². The zero-order valence-corrected chi connectivity index (χ0v) is 8.55. The van der Waals surface area contributed by atoms with Crippen molar-refractivity contribution in [1.82, 2.24) is 0 Å². The van der Waals surface area contributed by atoms with E-state index in [0.717, 1.165) is 0 Å². The van der Waals surface area contributed by atoms with E-state index in [0.29, 0.717) is 18.7 Å². The highest BCUT2D eigenvalue weighted by Gasteiger charge is 2.10. The second-order valence-electron chi connectivity index (χ2n) is 2.87. The largest absolute Gasteiger partial charge is 0.465 e. The maximum atomic E-state index is 11.2. The Morgan fingerprint density at radius 2 is 2.07 bits per heavy atom. The summed E-state index contributed by atoms with van der Waals surface area (Å²) in [5.41, 5.74) is 0.681. The summed E-state index contributed by atoms with van der Waals surface area (Å²) in [4.78, 5) is 23.2. The molecule has 0 spiro atoms. The van der Waals surface area contributed by atoms with Crippen LogP contribution in [0.4, 0.5) is 5.69 Å². The van der Waals surface area contributed by atoms with Crippen LogP contribution in [0.25, 0.3) is 0 Å². The molecule has 0 aliphatic rings. The molecule has 0 saturated heterocycles. The number of anilines is 1. The summed E-state index contributed by atoms with van der Waals surface area (Å²) < 4.78 is 4.76. The summed E-state index contributed by atoms with van der Waals surface area (Å²) in [6.45, 7) is 1.99. The van der Waals surface area contributed by atoms with E-state index in [1.807, 2.05) is 6.07 Å². The predicted octanol–water partition coefficient (Wildman–Crippen LogP) is 1.21. The van der Waals surface area contributed by atoms with Gasteiger partial charge < -0.3 is 9.64 Å². The highest BCUT2D eigenvalue weighted by Crippen LogP contribution is 2.10. The van der Waals surface area contributed by atoms with Gasteiger partial charge in [0, 0.05) is 5.69 Å². The van der Waals surface area contributed by atoms with Crippen LogP contribution in [0.5, 0.6) is 0 Å². The fourth-order valence-corrected chi connectivity index (χ4v) is 1.15. The Kier molecular flexibility index (Phi) is 4.34. The summed E-state index contributed by atoms with van der Waals surface area (Å²) in [6.07, 6.45) is 0.617. The molecule has 0 aliphatic heterocycles. The van der Waals surface area contributed by atoms with Gasteiger partial charge in [0.05, 0.1) is 6.61 Å². The third kappa shape index (κ3) is 3.42. The van der Waals surface area contributed by atoms with E-state index in [4.69, 9.17) is 4.74 Å². The highest BCUT2D eigenvalue weighted by molar-refractivity contribution is 5.85. The zero-order valence-electron chi connectivity index (χ0n) is 8.55. The lowest BCUT2D eigenvalue weighted by atomic mass is 10.3. The van der Waals surface area contributed by atoms with Crippen molar-refractivity contribution in [3.8, 4) is 0 Å². The number of carbonyl (C=O) groups excluding carboxylic acids is 2. The highest BCUT2D eigenvalue weighted by atomic mass is 16.5. The fraction of sp³-hybridized carbons (Fsp3) is 0.273. The van der Waals surface area contributed by atoms with Crippen LogP contribution < -0.4 is 4.90 Å². The number of para-hydroxylation sites is 1. The smallest absolute Gasteiger partial charge is 0.326 e. The van der Waals surface area contributed by atoms with E-state index in [9.17, 15) is 9.59 Å². The second-order valence-corrected chi connectivity index (χ2v) is 2.87. The number of ether oxygens (including phenoxy) is 1. The molecule has 0 atom stereocenters. The van der Waals surface area contributed by atoms with Crippen LogP contribution in [0.1, 0.15) is 6.92 Å². The van der Waals surface area contributed by atoms with Gasteiger partial charge >= 0.3 is 5.97 Å². The Bertz CT molecular complexity index is 324. The molecule has 0 radical (unpaired) electrons. The van der Waals surface area contributed by atoms with Gasteiger partial charge in [0.2, 0.25) is 6.41 Å². The van der Waals surface area contributed by atoms with Crippen molar-refractivity contribution in [2.24, 2.45) is 0 Å². The van der Waals surface area contributed by atoms with Crippen molar-refractivity contribution in [3.63, 3.8) is 0 Å². The normalized spacial score (nSPS) is 9.40. The average Bonchev–Trinajstić information content (AvgIpc) is 2.27. The van der Waals surface area contributed by atoms with E-state index in [2.05, 4.69) is 0 Å². The van der Waals surface area contributed by atoms with Crippen LogP contribution in [0.15, 0.2) is 30.3 Å². The molecule has 0 aliphatic carbocycles. The molecule has 4 heteroatoms. The lowest BCUT2D eigenvalue weighted by Crippen LogP contribution is -2.29. The zero-order chi connectivity index (χ0) is 11.1. The molecule has 15 heavy (non-hydrogen) atoms. The first kappa shape index (κ1) is 11.2. The first-order valence-corrected chi connectivity index (χ1v) is 4.70. The van der Waals surface area contributed by atoms with E-state index < -0.39 is 5.97 Å². The summed E-state index contributed by atoms with van der Waals surface area (Å²) >= 11 is 0. The molecule has 0 fully saturated rings. The van der Waals surface area contributed by atoms with Gasteiger partial charge in [0.25, 0.3) is 0 Å². The summed E-state index contributed by atoms with van der Waals surface area (Å²) in [5, 5.41) is 0. The van der Waals surface area contributed by atoms with Gasteiger partial charge in [-0.25, -0.2) is 0 Å². The van der Waals surface area contributed by atoms with Gasteiger partial charge in [0.15, 0.2) is 0 Å². The summed E-state index contributed by atoms with van der Waals surface area (Å²) in [6, 6.07) is 8.96. The number of esters is 1. The molecule has 80 valence electrons. The van der Waals surface area contributed by atoms with Gasteiger partial charge in [-0.15, -0.1) is 0 Å². The Morgan fingerprint density at radius 1 is 1.40 bits per heavy atom. The third-order valence-corrected chi connectivity index (χ3v) is 1.82. The maximum absolute atomic E-state index is 11.2. The summed E-state index contributed by atoms with van der Waals surface area (Å²) in [7, 11) is 0.